The molecular weight excluding hydrogens is 485 g/mol. The fourth-order valence-electron chi connectivity index (χ4n) is 3.02. The van der Waals surface area contributed by atoms with Gasteiger partial charge >= 0.3 is 5.97 Å². The number of nitrogens with zero attached hydrogens (tertiary/aromatic N) is 1. The highest BCUT2D eigenvalue weighted by Gasteiger charge is 2.14. The average molecular weight is 503 g/mol. The highest BCUT2D eigenvalue weighted by Crippen LogP contribution is 2.38. The van der Waals surface area contributed by atoms with Gasteiger partial charge in [0.05, 0.1) is 33.9 Å². The van der Waals surface area contributed by atoms with Gasteiger partial charge in [-0.2, -0.15) is 5.26 Å². The summed E-state index contributed by atoms with van der Waals surface area (Å²) in [5, 5.41) is 19.8. The minimum Gasteiger partial charge on any atom is -0.490 e. The van der Waals surface area contributed by atoms with E-state index in [4.69, 9.17) is 49.4 Å². The van der Waals surface area contributed by atoms with E-state index in [1.54, 1.807) is 48.5 Å². The third-order valence-electron chi connectivity index (χ3n) is 4.57. The first kappa shape index (κ1) is 24.5. The Balaban J connectivity index is 1.90. The summed E-state index contributed by atoms with van der Waals surface area (Å²) in [6.45, 7) is 2.37. The van der Waals surface area contributed by atoms with Crippen molar-refractivity contribution in [3.8, 4) is 17.6 Å². The first-order chi connectivity index (χ1) is 15.8. The number of carboxylic acids is 1. The van der Waals surface area contributed by atoms with Crippen LogP contribution >= 0.6 is 34.8 Å². The molecule has 0 amide bonds. The zero-order valence-electron chi connectivity index (χ0n) is 17.4. The lowest BCUT2D eigenvalue weighted by atomic mass is 10.0. The van der Waals surface area contributed by atoms with Crippen molar-refractivity contribution in [3.05, 3.63) is 91.9 Å². The number of aromatic carboxylic acids is 1. The number of rotatable bonds is 8. The van der Waals surface area contributed by atoms with Crippen molar-refractivity contribution < 1.29 is 19.4 Å². The molecule has 0 aromatic heterocycles. The molecule has 0 aliphatic rings. The van der Waals surface area contributed by atoms with Gasteiger partial charge in [0.2, 0.25) is 0 Å². The monoisotopic (exact) mass is 501 g/mol. The van der Waals surface area contributed by atoms with Gasteiger partial charge < -0.3 is 14.6 Å². The molecule has 8 heteroatoms. The number of allylic oxidation sites excluding steroid dienone is 1. The smallest absolute Gasteiger partial charge is 0.335 e. The fourth-order valence-corrected chi connectivity index (χ4v) is 3.80. The largest absolute Gasteiger partial charge is 0.490 e. The standard InChI is InChI=1S/C25H18Cl3NO4/c1-2-32-23-11-16(9-18(13-29)20-8-7-19(26)12-21(20)27)10-22(28)24(23)33-14-15-3-5-17(6-4-15)25(30)31/h3-12H,2,14H2,1H3,(H,30,31)/b18-9+. The first-order valence-electron chi connectivity index (χ1n) is 9.81. The number of carboxylic acid groups (broad SMARTS) is 1. The predicted octanol–water partition coefficient (Wildman–Crippen LogP) is 7.39. The van der Waals surface area contributed by atoms with Crippen molar-refractivity contribution in [1.82, 2.24) is 0 Å². The SMILES string of the molecule is CCOc1cc(/C=C(\C#N)c2ccc(Cl)cc2Cl)cc(Cl)c1OCc1ccc(C(=O)O)cc1. The Kier molecular flexibility index (Phi) is 8.24. The molecule has 0 aliphatic heterocycles. The zero-order chi connectivity index (χ0) is 24.0. The number of nitriles is 1. The van der Waals surface area contributed by atoms with Crippen molar-refractivity contribution in [3.63, 3.8) is 0 Å². The molecular formula is C25H18Cl3NO4. The van der Waals surface area contributed by atoms with Crippen molar-refractivity contribution >= 4 is 52.4 Å². The predicted molar refractivity (Wildman–Crippen MR) is 130 cm³/mol. The Hall–Kier alpha value is -3.17. The van der Waals surface area contributed by atoms with E-state index in [1.807, 2.05) is 6.92 Å². The normalized spacial score (nSPS) is 11.1. The van der Waals surface area contributed by atoms with Gasteiger partial charge in [0.15, 0.2) is 11.5 Å². The highest BCUT2D eigenvalue weighted by molar-refractivity contribution is 6.36. The van der Waals surface area contributed by atoms with Crippen molar-refractivity contribution in [2.75, 3.05) is 6.61 Å². The van der Waals surface area contributed by atoms with E-state index in [-0.39, 0.29) is 12.2 Å². The van der Waals surface area contributed by atoms with Gasteiger partial charge in [0.1, 0.15) is 6.61 Å². The summed E-state index contributed by atoms with van der Waals surface area (Å²) in [4.78, 5) is 11.0. The average Bonchev–Trinajstić information content (AvgIpc) is 2.78. The first-order valence-corrected chi connectivity index (χ1v) is 10.9. The summed E-state index contributed by atoms with van der Waals surface area (Å²) in [6, 6.07) is 16.8. The van der Waals surface area contributed by atoms with Crippen LogP contribution in [0.1, 0.15) is 34.0 Å². The van der Waals surface area contributed by atoms with Crippen LogP contribution < -0.4 is 9.47 Å². The maximum absolute atomic E-state index is 11.0. The maximum Gasteiger partial charge on any atom is 0.335 e. The third kappa shape index (κ3) is 6.21. The number of ether oxygens (including phenoxy) is 2. The Bertz CT molecular complexity index is 1250. The van der Waals surface area contributed by atoms with Crippen LogP contribution in [0.4, 0.5) is 0 Å². The number of carbonyl (C=O) groups is 1. The lowest BCUT2D eigenvalue weighted by Gasteiger charge is -2.15. The lowest BCUT2D eigenvalue weighted by Crippen LogP contribution is -2.02. The van der Waals surface area contributed by atoms with Crippen LogP contribution in [0.25, 0.3) is 11.6 Å². The molecule has 3 rings (SSSR count). The Labute approximate surface area is 206 Å². The van der Waals surface area contributed by atoms with Crippen LogP contribution in [0, 0.1) is 11.3 Å². The summed E-state index contributed by atoms with van der Waals surface area (Å²) in [7, 11) is 0. The number of hydrogen-bond acceptors (Lipinski definition) is 4. The summed E-state index contributed by atoms with van der Waals surface area (Å²) in [6.07, 6.45) is 1.65. The second kappa shape index (κ2) is 11.1. The van der Waals surface area contributed by atoms with E-state index in [0.29, 0.717) is 49.9 Å². The van der Waals surface area contributed by atoms with Crippen LogP contribution in [-0.2, 0) is 6.61 Å². The van der Waals surface area contributed by atoms with E-state index in [2.05, 4.69) is 6.07 Å². The van der Waals surface area contributed by atoms with Crippen LogP contribution in [0.2, 0.25) is 15.1 Å². The minimum atomic E-state index is -0.996. The Morgan fingerprint density at radius 2 is 1.76 bits per heavy atom. The zero-order valence-corrected chi connectivity index (χ0v) is 19.7. The van der Waals surface area contributed by atoms with E-state index in [9.17, 15) is 10.1 Å². The molecule has 168 valence electrons. The minimum absolute atomic E-state index is 0.165. The molecule has 0 unspecified atom stereocenters. The Morgan fingerprint density at radius 1 is 1.03 bits per heavy atom. The second-order valence-electron chi connectivity index (χ2n) is 6.85. The van der Waals surface area contributed by atoms with Crippen LogP contribution in [0.15, 0.2) is 54.6 Å². The van der Waals surface area contributed by atoms with Gasteiger partial charge in [0, 0.05) is 10.6 Å². The van der Waals surface area contributed by atoms with Gasteiger partial charge in [-0.15, -0.1) is 0 Å². The molecule has 33 heavy (non-hydrogen) atoms. The van der Waals surface area contributed by atoms with Gasteiger partial charge in [-0.1, -0.05) is 53.0 Å². The topological polar surface area (TPSA) is 79.5 Å². The number of halogens is 3. The second-order valence-corrected chi connectivity index (χ2v) is 8.10. The summed E-state index contributed by atoms with van der Waals surface area (Å²) >= 11 is 18.7. The van der Waals surface area contributed by atoms with E-state index in [0.717, 1.165) is 5.56 Å². The van der Waals surface area contributed by atoms with Gasteiger partial charge in [-0.05, 0) is 60.5 Å². The molecule has 3 aromatic carbocycles. The molecule has 0 fully saturated rings. The van der Waals surface area contributed by atoms with Crippen LogP contribution in [-0.4, -0.2) is 17.7 Å². The van der Waals surface area contributed by atoms with Gasteiger partial charge in [-0.25, -0.2) is 4.79 Å². The molecule has 3 aromatic rings. The molecule has 5 nitrogen and oxygen atoms in total. The van der Waals surface area contributed by atoms with Crippen LogP contribution in [0.5, 0.6) is 11.5 Å². The molecule has 0 atom stereocenters. The van der Waals surface area contributed by atoms with Crippen molar-refractivity contribution in [1.29, 1.82) is 5.26 Å². The maximum atomic E-state index is 11.0. The summed E-state index contributed by atoms with van der Waals surface area (Å²) < 4.78 is 11.6. The van der Waals surface area contributed by atoms with Crippen molar-refractivity contribution in [2.45, 2.75) is 13.5 Å². The molecule has 1 N–H and O–H groups in total. The molecule has 0 saturated carbocycles. The van der Waals surface area contributed by atoms with Gasteiger partial charge in [-0.3, -0.25) is 0 Å². The quantitative estimate of drug-likeness (QED) is 0.257. The van der Waals surface area contributed by atoms with Crippen molar-refractivity contribution in [2.24, 2.45) is 0 Å². The molecule has 0 radical (unpaired) electrons. The number of hydrogen-bond donors (Lipinski definition) is 1. The summed E-state index contributed by atoms with van der Waals surface area (Å²) in [5.74, 6) is -0.233. The number of benzene rings is 3. The van der Waals surface area contributed by atoms with E-state index >= 15 is 0 Å². The molecule has 0 aliphatic carbocycles. The Morgan fingerprint density at radius 3 is 2.36 bits per heavy atom. The van der Waals surface area contributed by atoms with Gasteiger partial charge in [0.25, 0.3) is 0 Å². The molecule has 0 spiro atoms. The lowest BCUT2D eigenvalue weighted by molar-refractivity contribution is 0.0697. The van der Waals surface area contributed by atoms with E-state index in [1.165, 1.54) is 12.1 Å². The van der Waals surface area contributed by atoms with E-state index < -0.39 is 5.97 Å². The fraction of sp³-hybridized carbons (Fsp3) is 0.120. The molecule has 0 bridgehead atoms. The molecule has 0 heterocycles. The highest BCUT2D eigenvalue weighted by atomic mass is 35.5. The third-order valence-corrected chi connectivity index (χ3v) is 5.40. The summed E-state index contributed by atoms with van der Waals surface area (Å²) in [5.41, 5.74) is 2.47. The molecule has 0 saturated heterocycles. The van der Waals surface area contributed by atoms with Crippen LogP contribution in [0.3, 0.4) is 0 Å².